The van der Waals surface area contributed by atoms with Crippen LogP contribution in [-0.2, 0) is 0 Å². The lowest BCUT2D eigenvalue weighted by molar-refractivity contribution is 0.0691. The average molecular weight is 309 g/mol. The van der Waals surface area contributed by atoms with E-state index in [4.69, 9.17) is 4.74 Å². The zero-order chi connectivity index (χ0) is 16.7. The van der Waals surface area contributed by atoms with Crippen molar-refractivity contribution in [2.24, 2.45) is 0 Å². The van der Waals surface area contributed by atoms with Crippen molar-refractivity contribution in [1.82, 2.24) is 4.90 Å². The first-order chi connectivity index (χ1) is 10.9. The third-order valence-electron chi connectivity index (χ3n) is 3.86. The number of fused-ring (bicyclic) bond motifs is 1. The highest BCUT2D eigenvalue weighted by Crippen LogP contribution is 2.24. The van der Waals surface area contributed by atoms with E-state index < -0.39 is 11.9 Å². The van der Waals surface area contributed by atoms with Crippen LogP contribution in [-0.4, -0.2) is 29.7 Å². The molecular formula is C18H15NO4. The molecule has 0 saturated heterocycles. The highest BCUT2D eigenvalue weighted by atomic mass is 16.5. The van der Waals surface area contributed by atoms with Crippen molar-refractivity contribution in [2.45, 2.75) is 13.8 Å². The Morgan fingerprint density at radius 2 is 1.65 bits per heavy atom. The molecule has 0 radical (unpaired) electrons. The van der Waals surface area contributed by atoms with Gasteiger partial charge in [0.05, 0.1) is 16.7 Å². The summed E-state index contributed by atoms with van der Waals surface area (Å²) < 4.78 is 5.39. The molecule has 0 unspecified atom stereocenters. The molecule has 0 fully saturated rings. The zero-order valence-corrected chi connectivity index (χ0v) is 13.0. The van der Waals surface area contributed by atoms with Gasteiger partial charge in [-0.3, -0.25) is 14.5 Å². The van der Waals surface area contributed by atoms with Gasteiger partial charge in [0.2, 0.25) is 0 Å². The summed E-state index contributed by atoms with van der Waals surface area (Å²) >= 11 is 0. The molecule has 5 nitrogen and oxygen atoms in total. The fraction of sp³-hybridized carbons (Fsp3) is 0.167. The number of benzene rings is 2. The molecule has 0 aliphatic carbocycles. The van der Waals surface area contributed by atoms with Crippen molar-refractivity contribution in [3.63, 3.8) is 0 Å². The number of amides is 2. The Bertz CT molecular complexity index is 854. The first-order valence-corrected chi connectivity index (χ1v) is 7.14. The maximum absolute atomic E-state index is 12.3. The first kappa shape index (κ1) is 15.0. The summed E-state index contributed by atoms with van der Waals surface area (Å²) in [6.07, 6.45) is 0. The summed E-state index contributed by atoms with van der Waals surface area (Å²) in [4.78, 5) is 37.1. The molecule has 0 spiro atoms. The molecule has 2 aromatic rings. The van der Waals surface area contributed by atoms with E-state index in [1.165, 1.54) is 25.2 Å². The van der Waals surface area contributed by atoms with Crippen LogP contribution in [0.5, 0.6) is 5.75 Å². The smallest absolute Gasteiger partial charge is 0.343 e. The van der Waals surface area contributed by atoms with Crippen LogP contribution >= 0.6 is 0 Å². The molecule has 5 heteroatoms. The van der Waals surface area contributed by atoms with Crippen molar-refractivity contribution in [1.29, 1.82) is 0 Å². The zero-order valence-electron chi connectivity index (χ0n) is 13.0. The standard InChI is InChI=1S/C18H15NO4/c1-10-4-7-15(11(2)8-10)23-18(22)12-5-6-13-14(9-12)17(21)19(3)16(13)20/h4-9H,1-3H3. The Labute approximate surface area is 133 Å². The number of rotatable bonds is 2. The van der Waals surface area contributed by atoms with Crippen molar-refractivity contribution in [3.8, 4) is 5.75 Å². The van der Waals surface area contributed by atoms with E-state index in [-0.39, 0.29) is 17.0 Å². The van der Waals surface area contributed by atoms with Crippen LogP contribution in [0.25, 0.3) is 0 Å². The van der Waals surface area contributed by atoms with Gasteiger partial charge in [0.1, 0.15) is 5.75 Å². The molecule has 0 atom stereocenters. The SMILES string of the molecule is Cc1ccc(OC(=O)c2ccc3c(c2)C(=O)N(C)C3=O)c(C)c1. The summed E-state index contributed by atoms with van der Waals surface area (Å²) in [5, 5.41) is 0. The van der Waals surface area contributed by atoms with E-state index in [0.717, 1.165) is 16.0 Å². The number of carbonyl (C=O) groups excluding carboxylic acids is 3. The van der Waals surface area contributed by atoms with E-state index in [2.05, 4.69) is 0 Å². The van der Waals surface area contributed by atoms with Crippen LogP contribution in [0.1, 0.15) is 42.2 Å². The lowest BCUT2D eigenvalue weighted by atomic mass is 10.1. The van der Waals surface area contributed by atoms with Gasteiger partial charge in [-0.1, -0.05) is 17.7 Å². The fourth-order valence-electron chi connectivity index (χ4n) is 2.56. The van der Waals surface area contributed by atoms with Gasteiger partial charge in [-0.05, 0) is 43.7 Å². The molecule has 116 valence electrons. The topological polar surface area (TPSA) is 63.7 Å². The largest absolute Gasteiger partial charge is 0.423 e. The molecule has 1 heterocycles. The summed E-state index contributed by atoms with van der Waals surface area (Å²) in [5.74, 6) is -0.861. The van der Waals surface area contributed by atoms with Crippen molar-refractivity contribution >= 4 is 17.8 Å². The molecule has 0 N–H and O–H groups in total. The maximum atomic E-state index is 12.3. The van der Waals surface area contributed by atoms with Gasteiger partial charge in [0.25, 0.3) is 11.8 Å². The number of aryl methyl sites for hydroxylation is 2. The second-order valence-corrected chi connectivity index (χ2v) is 5.59. The minimum absolute atomic E-state index is 0.229. The van der Waals surface area contributed by atoms with Crippen LogP contribution in [0.3, 0.4) is 0 Å². The van der Waals surface area contributed by atoms with E-state index in [9.17, 15) is 14.4 Å². The minimum Gasteiger partial charge on any atom is -0.423 e. The monoisotopic (exact) mass is 309 g/mol. The second kappa shape index (κ2) is 5.35. The maximum Gasteiger partial charge on any atom is 0.343 e. The van der Waals surface area contributed by atoms with Gasteiger partial charge in [0, 0.05) is 7.05 Å². The van der Waals surface area contributed by atoms with Crippen LogP contribution in [0, 0.1) is 13.8 Å². The molecule has 1 aliphatic rings. The predicted octanol–water partition coefficient (Wildman–Crippen LogP) is 2.75. The Morgan fingerprint density at radius 3 is 2.35 bits per heavy atom. The first-order valence-electron chi connectivity index (χ1n) is 7.14. The van der Waals surface area contributed by atoms with Gasteiger partial charge < -0.3 is 4.74 Å². The fourth-order valence-corrected chi connectivity index (χ4v) is 2.56. The summed E-state index contributed by atoms with van der Waals surface area (Å²) in [6, 6.07) is 9.90. The number of esters is 1. The van der Waals surface area contributed by atoms with E-state index >= 15 is 0 Å². The lowest BCUT2D eigenvalue weighted by Gasteiger charge is -2.08. The number of ether oxygens (including phenoxy) is 1. The van der Waals surface area contributed by atoms with Crippen molar-refractivity contribution in [2.75, 3.05) is 7.05 Å². The molecule has 23 heavy (non-hydrogen) atoms. The Balaban J connectivity index is 1.90. The number of nitrogens with zero attached hydrogens (tertiary/aromatic N) is 1. The summed E-state index contributed by atoms with van der Waals surface area (Å²) in [7, 11) is 1.42. The summed E-state index contributed by atoms with van der Waals surface area (Å²) in [6.45, 7) is 3.81. The van der Waals surface area contributed by atoms with Gasteiger partial charge in [-0.15, -0.1) is 0 Å². The Hall–Kier alpha value is -2.95. The normalized spacial score (nSPS) is 13.3. The van der Waals surface area contributed by atoms with E-state index in [1.807, 2.05) is 26.0 Å². The number of carbonyl (C=O) groups is 3. The number of hydrogen-bond donors (Lipinski definition) is 0. The summed E-state index contributed by atoms with van der Waals surface area (Å²) in [5.41, 5.74) is 2.70. The van der Waals surface area contributed by atoms with Crippen molar-refractivity contribution in [3.05, 3.63) is 64.2 Å². The quantitative estimate of drug-likeness (QED) is 0.486. The van der Waals surface area contributed by atoms with Crippen LogP contribution < -0.4 is 4.74 Å². The molecule has 0 saturated carbocycles. The molecule has 0 aromatic heterocycles. The lowest BCUT2D eigenvalue weighted by Crippen LogP contribution is -2.24. The van der Waals surface area contributed by atoms with Gasteiger partial charge in [-0.25, -0.2) is 4.79 Å². The van der Waals surface area contributed by atoms with Crippen LogP contribution in [0.15, 0.2) is 36.4 Å². The van der Waals surface area contributed by atoms with Crippen LogP contribution in [0.4, 0.5) is 0 Å². The number of hydrogen-bond acceptors (Lipinski definition) is 4. The van der Waals surface area contributed by atoms with E-state index in [1.54, 1.807) is 6.07 Å². The minimum atomic E-state index is -0.561. The molecule has 2 aromatic carbocycles. The van der Waals surface area contributed by atoms with Crippen LogP contribution in [0.2, 0.25) is 0 Å². The molecule has 3 rings (SSSR count). The molecule has 1 aliphatic heterocycles. The molecular weight excluding hydrogens is 294 g/mol. The second-order valence-electron chi connectivity index (χ2n) is 5.59. The average Bonchev–Trinajstić information content (AvgIpc) is 2.74. The van der Waals surface area contributed by atoms with Gasteiger partial charge in [0.15, 0.2) is 0 Å². The number of imide groups is 1. The highest BCUT2D eigenvalue weighted by Gasteiger charge is 2.33. The predicted molar refractivity (Wildman–Crippen MR) is 83.7 cm³/mol. The third kappa shape index (κ3) is 2.50. The van der Waals surface area contributed by atoms with Crippen molar-refractivity contribution < 1.29 is 19.1 Å². The third-order valence-corrected chi connectivity index (χ3v) is 3.86. The highest BCUT2D eigenvalue weighted by molar-refractivity contribution is 6.21. The Morgan fingerprint density at radius 1 is 0.957 bits per heavy atom. The van der Waals surface area contributed by atoms with Gasteiger partial charge >= 0.3 is 5.97 Å². The van der Waals surface area contributed by atoms with E-state index in [0.29, 0.717) is 11.3 Å². The van der Waals surface area contributed by atoms with Gasteiger partial charge in [-0.2, -0.15) is 0 Å². The molecule has 0 bridgehead atoms. The molecule has 2 amide bonds. The Kier molecular flexibility index (Phi) is 3.48.